The number of hydrogen-bond donors (Lipinski definition) is 1. The standard InChI is InChI=1S/C21H30N2O7S/c1-28-18-9-8-16(14-19(18)31(26,27)23-10-12-29-13-11-23)21(25)30-15-20(24)22-17-6-4-2-3-5-7-17/h8-9,14,17H,2-7,10-13,15H2,1H3,(H,22,24). The number of ether oxygens (including phenoxy) is 3. The molecule has 0 spiro atoms. The Morgan fingerprint density at radius 1 is 1.13 bits per heavy atom. The molecule has 0 atom stereocenters. The number of sulfonamides is 1. The largest absolute Gasteiger partial charge is 0.495 e. The molecule has 172 valence electrons. The minimum atomic E-state index is -3.87. The molecule has 2 fully saturated rings. The average Bonchev–Trinajstić information content (AvgIpc) is 3.06. The van der Waals surface area contributed by atoms with Crippen molar-refractivity contribution in [1.29, 1.82) is 0 Å². The van der Waals surface area contributed by atoms with Crippen LogP contribution in [-0.2, 0) is 24.3 Å². The van der Waals surface area contributed by atoms with Gasteiger partial charge in [-0.05, 0) is 31.0 Å². The molecule has 1 amide bonds. The third-order valence-electron chi connectivity index (χ3n) is 5.54. The van der Waals surface area contributed by atoms with Crippen LogP contribution in [0.1, 0.15) is 48.9 Å². The van der Waals surface area contributed by atoms with Gasteiger partial charge in [0.25, 0.3) is 5.91 Å². The number of esters is 1. The number of methoxy groups -OCH3 is 1. The number of amides is 1. The van der Waals surface area contributed by atoms with Gasteiger partial charge in [0.05, 0.1) is 25.9 Å². The first-order valence-electron chi connectivity index (χ1n) is 10.6. The summed E-state index contributed by atoms with van der Waals surface area (Å²) in [7, 11) is -2.51. The second kappa shape index (κ2) is 10.9. The van der Waals surface area contributed by atoms with Crippen LogP contribution >= 0.6 is 0 Å². The lowest BCUT2D eigenvalue weighted by molar-refractivity contribution is -0.125. The van der Waals surface area contributed by atoms with E-state index < -0.39 is 22.6 Å². The molecule has 2 aliphatic rings. The Kier molecular flexibility index (Phi) is 8.28. The Morgan fingerprint density at radius 3 is 2.45 bits per heavy atom. The highest BCUT2D eigenvalue weighted by Gasteiger charge is 2.30. The number of morpholine rings is 1. The number of carbonyl (C=O) groups excluding carboxylic acids is 2. The summed E-state index contributed by atoms with van der Waals surface area (Å²) in [5.74, 6) is -0.985. The van der Waals surface area contributed by atoms with Gasteiger partial charge in [-0.15, -0.1) is 0 Å². The quantitative estimate of drug-likeness (QED) is 0.493. The minimum absolute atomic E-state index is 0.0369. The zero-order valence-electron chi connectivity index (χ0n) is 17.8. The van der Waals surface area contributed by atoms with E-state index in [0.717, 1.165) is 25.7 Å². The van der Waals surface area contributed by atoms with E-state index >= 15 is 0 Å². The molecule has 1 saturated carbocycles. The molecule has 1 saturated heterocycles. The second-order valence-corrected chi connectivity index (χ2v) is 9.62. The summed E-state index contributed by atoms with van der Waals surface area (Å²) in [6.45, 7) is 0.647. The molecular weight excluding hydrogens is 424 g/mol. The zero-order valence-corrected chi connectivity index (χ0v) is 18.6. The number of carbonyl (C=O) groups is 2. The van der Waals surface area contributed by atoms with E-state index in [2.05, 4.69) is 5.32 Å². The molecule has 0 aromatic heterocycles. The van der Waals surface area contributed by atoms with Gasteiger partial charge < -0.3 is 19.5 Å². The first-order chi connectivity index (χ1) is 14.9. The van der Waals surface area contributed by atoms with Gasteiger partial charge in [-0.3, -0.25) is 4.79 Å². The van der Waals surface area contributed by atoms with Crippen LogP contribution in [0.3, 0.4) is 0 Å². The summed E-state index contributed by atoms with van der Waals surface area (Å²) >= 11 is 0. The average molecular weight is 455 g/mol. The van der Waals surface area contributed by atoms with E-state index in [1.54, 1.807) is 0 Å². The maximum absolute atomic E-state index is 13.0. The third-order valence-corrected chi connectivity index (χ3v) is 7.46. The third kappa shape index (κ3) is 6.18. The monoisotopic (exact) mass is 454 g/mol. The van der Waals surface area contributed by atoms with Crippen molar-refractivity contribution in [2.75, 3.05) is 40.0 Å². The molecule has 1 aliphatic heterocycles. The van der Waals surface area contributed by atoms with E-state index in [1.165, 1.54) is 42.5 Å². The summed E-state index contributed by atoms with van der Waals surface area (Å²) in [5, 5.41) is 2.91. The van der Waals surface area contributed by atoms with Gasteiger partial charge in [0.15, 0.2) is 6.61 Å². The number of nitrogens with zero attached hydrogens (tertiary/aromatic N) is 1. The zero-order chi connectivity index (χ0) is 22.3. The molecule has 1 aromatic rings. The van der Waals surface area contributed by atoms with Crippen LogP contribution in [0.25, 0.3) is 0 Å². The highest BCUT2D eigenvalue weighted by Crippen LogP contribution is 2.28. The van der Waals surface area contributed by atoms with Crippen LogP contribution in [0.4, 0.5) is 0 Å². The Morgan fingerprint density at radius 2 is 1.81 bits per heavy atom. The fourth-order valence-electron chi connectivity index (χ4n) is 3.84. The molecule has 0 unspecified atom stereocenters. The molecular formula is C21H30N2O7S. The van der Waals surface area contributed by atoms with Crippen LogP contribution in [-0.4, -0.2) is 70.7 Å². The van der Waals surface area contributed by atoms with Gasteiger partial charge in [-0.25, -0.2) is 13.2 Å². The van der Waals surface area contributed by atoms with E-state index in [0.29, 0.717) is 13.2 Å². The van der Waals surface area contributed by atoms with Gasteiger partial charge in [-0.1, -0.05) is 25.7 Å². The summed E-state index contributed by atoms with van der Waals surface area (Å²) in [6, 6.07) is 4.17. The molecule has 1 aliphatic carbocycles. The molecule has 1 heterocycles. The fourth-order valence-corrected chi connectivity index (χ4v) is 5.43. The molecule has 1 N–H and O–H groups in total. The Balaban J connectivity index is 1.65. The SMILES string of the molecule is COc1ccc(C(=O)OCC(=O)NC2CCCCCC2)cc1S(=O)(=O)N1CCOCC1. The summed E-state index contributed by atoms with van der Waals surface area (Å²) in [5.41, 5.74) is 0.0369. The van der Waals surface area contributed by atoms with E-state index in [4.69, 9.17) is 14.2 Å². The first-order valence-corrected chi connectivity index (χ1v) is 12.1. The highest BCUT2D eigenvalue weighted by atomic mass is 32.2. The predicted molar refractivity (Wildman–Crippen MR) is 112 cm³/mol. The van der Waals surface area contributed by atoms with Gasteiger partial charge in [0, 0.05) is 19.1 Å². The van der Waals surface area contributed by atoms with E-state index in [-0.39, 0.29) is 41.2 Å². The van der Waals surface area contributed by atoms with Crippen molar-refractivity contribution in [1.82, 2.24) is 9.62 Å². The Bertz CT molecular complexity index is 874. The lowest BCUT2D eigenvalue weighted by Gasteiger charge is -2.26. The number of nitrogens with one attached hydrogen (secondary N) is 1. The van der Waals surface area contributed by atoms with Crippen LogP contribution in [0, 0.1) is 0 Å². The fraction of sp³-hybridized carbons (Fsp3) is 0.619. The molecule has 10 heteroatoms. The van der Waals surface area contributed by atoms with E-state index in [1.807, 2.05) is 0 Å². The number of benzene rings is 1. The van der Waals surface area contributed by atoms with E-state index in [9.17, 15) is 18.0 Å². The molecule has 9 nitrogen and oxygen atoms in total. The summed E-state index contributed by atoms with van der Waals surface area (Å²) in [4.78, 5) is 24.5. The first kappa shape index (κ1) is 23.5. The molecule has 0 radical (unpaired) electrons. The van der Waals surface area contributed by atoms with Crippen molar-refractivity contribution in [2.45, 2.75) is 49.5 Å². The smallest absolute Gasteiger partial charge is 0.338 e. The van der Waals surface area contributed by atoms with Crippen molar-refractivity contribution in [3.05, 3.63) is 23.8 Å². The predicted octanol–water partition coefficient (Wildman–Crippen LogP) is 1.71. The maximum Gasteiger partial charge on any atom is 0.338 e. The van der Waals surface area contributed by atoms with Crippen molar-refractivity contribution in [2.24, 2.45) is 0 Å². The van der Waals surface area contributed by atoms with Crippen LogP contribution in [0.2, 0.25) is 0 Å². The Labute approximate surface area is 183 Å². The molecule has 0 bridgehead atoms. The van der Waals surface area contributed by atoms with Crippen molar-refractivity contribution in [3.8, 4) is 5.75 Å². The number of rotatable bonds is 7. The molecule has 1 aromatic carbocycles. The summed E-state index contributed by atoms with van der Waals surface area (Å²) in [6.07, 6.45) is 6.37. The van der Waals surface area contributed by atoms with Crippen LogP contribution in [0.5, 0.6) is 5.75 Å². The van der Waals surface area contributed by atoms with Crippen LogP contribution in [0.15, 0.2) is 23.1 Å². The highest BCUT2D eigenvalue weighted by molar-refractivity contribution is 7.89. The maximum atomic E-state index is 13.0. The topological polar surface area (TPSA) is 111 Å². The van der Waals surface area contributed by atoms with Crippen molar-refractivity contribution >= 4 is 21.9 Å². The molecule has 31 heavy (non-hydrogen) atoms. The van der Waals surface area contributed by atoms with Gasteiger partial charge >= 0.3 is 5.97 Å². The van der Waals surface area contributed by atoms with Crippen LogP contribution < -0.4 is 10.1 Å². The van der Waals surface area contributed by atoms with Gasteiger partial charge in [0.2, 0.25) is 10.0 Å². The van der Waals surface area contributed by atoms with Crippen molar-refractivity contribution in [3.63, 3.8) is 0 Å². The van der Waals surface area contributed by atoms with Crippen molar-refractivity contribution < 1.29 is 32.2 Å². The molecule has 3 rings (SSSR count). The Hall–Kier alpha value is -2.17. The lowest BCUT2D eigenvalue weighted by atomic mass is 10.1. The lowest BCUT2D eigenvalue weighted by Crippen LogP contribution is -2.40. The normalized spacial score (nSPS) is 18.7. The second-order valence-electron chi connectivity index (χ2n) is 7.71. The van der Waals surface area contributed by atoms with Gasteiger partial charge in [0.1, 0.15) is 10.6 Å². The minimum Gasteiger partial charge on any atom is -0.495 e. The number of hydrogen-bond acceptors (Lipinski definition) is 7. The summed E-state index contributed by atoms with van der Waals surface area (Å²) < 4.78 is 42.9. The van der Waals surface area contributed by atoms with Gasteiger partial charge in [-0.2, -0.15) is 4.31 Å².